The Morgan fingerprint density at radius 3 is 2.62 bits per heavy atom. The zero-order valence-corrected chi connectivity index (χ0v) is 13.0. The SMILES string of the molecule is COC(=O)c1ccc(Cn2c(OC)ncc(Br)c2=O)nc1. The average Bonchev–Trinajstić information content (AvgIpc) is 2.52. The lowest BCUT2D eigenvalue weighted by Gasteiger charge is -2.10. The normalized spacial score (nSPS) is 10.2. The fourth-order valence-electron chi connectivity index (χ4n) is 1.67. The Balaban J connectivity index is 2.32. The van der Waals surface area contributed by atoms with Gasteiger partial charge in [0, 0.05) is 6.20 Å². The van der Waals surface area contributed by atoms with Gasteiger partial charge in [-0.1, -0.05) is 0 Å². The van der Waals surface area contributed by atoms with Gasteiger partial charge in [0.2, 0.25) is 0 Å². The van der Waals surface area contributed by atoms with Gasteiger partial charge in [-0.05, 0) is 28.1 Å². The Morgan fingerprint density at radius 1 is 1.29 bits per heavy atom. The van der Waals surface area contributed by atoms with E-state index < -0.39 is 5.97 Å². The molecule has 0 atom stereocenters. The molecule has 2 aromatic rings. The summed E-state index contributed by atoms with van der Waals surface area (Å²) in [6.07, 6.45) is 2.77. The summed E-state index contributed by atoms with van der Waals surface area (Å²) in [6.45, 7) is 0.176. The number of esters is 1. The van der Waals surface area contributed by atoms with Crippen LogP contribution in [0, 0.1) is 0 Å². The zero-order chi connectivity index (χ0) is 15.4. The van der Waals surface area contributed by atoms with E-state index in [1.165, 1.54) is 31.2 Å². The second-order valence-corrected chi connectivity index (χ2v) is 4.87. The van der Waals surface area contributed by atoms with Crippen molar-refractivity contribution in [3.63, 3.8) is 0 Å². The molecule has 110 valence electrons. The van der Waals surface area contributed by atoms with Crippen molar-refractivity contribution in [3.05, 3.63) is 50.6 Å². The van der Waals surface area contributed by atoms with Crippen molar-refractivity contribution in [1.82, 2.24) is 14.5 Å². The van der Waals surface area contributed by atoms with Crippen molar-refractivity contribution >= 4 is 21.9 Å². The summed E-state index contributed by atoms with van der Waals surface area (Å²) in [5.74, 6) is -0.465. The molecule has 0 aromatic carbocycles. The largest absolute Gasteiger partial charge is 0.468 e. The van der Waals surface area contributed by atoms with Crippen LogP contribution in [-0.2, 0) is 11.3 Å². The molecule has 7 nitrogen and oxygen atoms in total. The smallest absolute Gasteiger partial charge is 0.339 e. The highest BCUT2D eigenvalue weighted by Crippen LogP contribution is 2.10. The predicted octanol–water partition coefficient (Wildman–Crippen LogP) is 1.24. The van der Waals surface area contributed by atoms with Crippen molar-refractivity contribution in [2.45, 2.75) is 6.54 Å². The molecule has 0 amide bonds. The van der Waals surface area contributed by atoms with E-state index in [2.05, 4.69) is 30.6 Å². The standard InChI is InChI=1S/C13H12BrN3O4/c1-20-12(19)8-3-4-9(15-5-8)7-17-11(18)10(14)6-16-13(17)21-2/h3-6H,7H2,1-2H3. The lowest BCUT2D eigenvalue weighted by Crippen LogP contribution is -2.24. The first-order valence-corrected chi connectivity index (χ1v) is 6.68. The van der Waals surface area contributed by atoms with Crippen LogP contribution in [0.4, 0.5) is 0 Å². The second-order valence-electron chi connectivity index (χ2n) is 4.01. The molecule has 0 saturated carbocycles. The first-order valence-electron chi connectivity index (χ1n) is 5.89. The summed E-state index contributed by atoms with van der Waals surface area (Å²) in [5.41, 5.74) is 0.650. The Labute approximate surface area is 128 Å². The first-order chi connectivity index (χ1) is 10.1. The molecule has 0 saturated heterocycles. The maximum absolute atomic E-state index is 12.1. The number of halogens is 1. The molecule has 0 N–H and O–H groups in total. The fourth-order valence-corrected chi connectivity index (χ4v) is 1.99. The molecule has 2 rings (SSSR count). The number of ether oxygens (including phenoxy) is 2. The van der Waals surface area contributed by atoms with Crippen molar-refractivity contribution in [2.24, 2.45) is 0 Å². The van der Waals surface area contributed by atoms with Crippen LogP contribution < -0.4 is 10.3 Å². The van der Waals surface area contributed by atoms with Gasteiger partial charge >= 0.3 is 5.97 Å². The van der Waals surface area contributed by atoms with Crippen LogP contribution in [0.15, 0.2) is 33.8 Å². The van der Waals surface area contributed by atoms with Crippen molar-refractivity contribution in [2.75, 3.05) is 14.2 Å². The van der Waals surface area contributed by atoms with E-state index in [1.54, 1.807) is 12.1 Å². The topological polar surface area (TPSA) is 83.3 Å². The van der Waals surface area contributed by atoms with E-state index >= 15 is 0 Å². The highest BCUT2D eigenvalue weighted by molar-refractivity contribution is 9.10. The van der Waals surface area contributed by atoms with Gasteiger partial charge in [-0.2, -0.15) is 0 Å². The van der Waals surface area contributed by atoms with Gasteiger partial charge in [0.1, 0.15) is 4.47 Å². The average molecular weight is 354 g/mol. The van der Waals surface area contributed by atoms with Gasteiger partial charge in [-0.25, -0.2) is 9.78 Å². The highest BCUT2D eigenvalue weighted by Gasteiger charge is 2.11. The summed E-state index contributed by atoms with van der Waals surface area (Å²) in [5, 5.41) is 0. The number of aromatic nitrogens is 3. The van der Waals surface area contributed by atoms with Crippen LogP contribution in [-0.4, -0.2) is 34.7 Å². The van der Waals surface area contributed by atoms with Crippen LogP contribution >= 0.6 is 15.9 Å². The van der Waals surface area contributed by atoms with Crippen molar-refractivity contribution in [3.8, 4) is 6.01 Å². The molecular weight excluding hydrogens is 342 g/mol. The van der Waals surface area contributed by atoms with E-state index in [0.29, 0.717) is 15.7 Å². The van der Waals surface area contributed by atoms with Gasteiger partial charge in [0.25, 0.3) is 11.6 Å². The van der Waals surface area contributed by atoms with E-state index in [0.717, 1.165) is 0 Å². The highest BCUT2D eigenvalue weighted by atomic mass is 79.9. The van der Waals surface area contributed by atoms with E-state index in [1.807, 2.05) is 0 Å². The van der Waals surface area contributed by atoms with Crippen LogP contribution in [0.1, 0.15) is 16.1 Å². The quantitative estimate of drug-likeness (QED) is 0.769. The number of nitrogens with zero attached hydrogens (tertiary/aromatic N) is 3. The Morgan fingerprint density at radius 2 is 2.05 bits per heavy atom. The van der Waals surface area contributed by atoms with E-state index in [9.17, 15) is 9.59 Å². The minimum absolute atomic E-state index is 0.176. The molecule has 2 aromatic heterocycles. The Kier molecular flexibility index (Phi) is 4.69. The van der Waals surface area contributed by atoms with Crippen LogP contribution in [0.2, 0.25) is 0 Å². The number of carbonyl (C=O) groups excluding carboxylic acids is 1. The molecule has 2 heterocycles. The zero-order valence-electron chi connectivity index (χ0n) is 11.4. The molecule has 0 aliphatic rings. The van der Waals surface area contributed by atoms with Gasteiger partial charge in [-0.3, -0.25) is 14.3 Å². The maximum Gasteiger partial charge on any atom is 0.339 e. The molecule has 8 heteroatoms. The molecule has 0 radical (unpaired) electrons. The molecule has 21 heavy (non-hydrogen) atoms. The third kappa shape index (κ3) is 3.27. The number of hydrogen-bond donors (Lipinski definition) is 0. The number of pyridine rings is 1. The Bertz CT molecular complexity index is 712. The second kappa shape index (κ2) is 6.49. The molecule has 0 unspecified atom stereocenters. The molecule has 0 aliphatic heterocycles. The van der Waals surface area contributed by atoms with Gasteiger partial charge in [0.15, 0.2) is 0 Å². The first kappa shape index (κ1) is 15.2. The monoisotopic (exact) mass is 353 g/mol. The van der Waals surface area contributed by atoms with E-state index in [4.69, 9.17) is 4.74 Å². The Hall–Kier alpha value is -2.22. The molecule has 0 bridgehead atoms. The number of methoxy groups -OCH3 is 2. The lowest BCUT2D eigenvalue weighted by molar-refractivity contribution is 0.0600. The lowest BCUT2D eigenvalue weighted by atomic mass is 10.2. The van der Waals surface area contributed by atoms with Crippen LogP contribution in [0.5, 0.6) is 6.01 Å². The summed E-state index contributed by atoms with van der Waals surface area (Å²) < 4.78 is 11.3. The summed E-state index contributed by atoms with van der Waals surface area (Å²) in [4.78, 5) is 31.5. The molecular formula is C13H12BrN3O4. The summed E-state index contributed by atoms with van der Waals surface area (Å²) in [6, 6.07) is 3.40. The summed E-state index contributed by atoms with van der Waals surface area (Å²) >= 11 is 3.13. The van der Waals surface area contributed by atoms with Gasteiger partial charge in [-0.15, -0.1) is 0 Å². The van der Waals surface area contributed by atoms with Crippen molar-refractivity contribution < 1.29 is 14.3 Å². The van der Waals surface area contributed by atoms with Gasteiger partial charge in [0.05, 0.1) is 38.2 Å². The van der Waals surface area contributed by atoms with Crippen LogP contribution in [0.25, 0.3) is 0 Å². The molecule has 0 aliphatic carbocycles. The third-order valence-corrected chi connectivity index (χ3v) is 3.26. The minimum atomic E-state index is -0.465. The number of hydrogen-bond acceptors (Lipinski definition) is 6. The van der Waals surface area contributed by atoms with Gasteiger partial charge < -0.3 is 9.47 Å². The fraction of sp³-hybridized carbons (Fsp3) is 0.231. The van der Waals surface area contributed by atoms with Crippen LogP contribution in [0.3, 0.4) is 0 Å². The number of rotatable bonds is 4. The number of carbonyl (C=O) groups is 1. The predicted molar refractivity (Wildman–Crippen MR) is 77.4 cm³/mol. The summed E-state index contributed by atoms with van der Waals surface area (Å²) in [7, 11) is 2.73. The molecule has 0 fully saturated rings. The minimum Gasteiger partial charge on any atom is -0.468 e. The third-order valence-electron chi connectivity index (χ3n) is 2.72. The van der Waals surface area contributed by atoms with E-state index in [-0.39, 0.29) is 18.1 Å². The molecule has 0 spiro atoms. The maximum atomic E-state index is 12.1. The van der Waals surface area contributed by atoms with Crippen molar-refractivity contribution in [1.29, 1.82) is 0 Å².